The number of rotatable bonds is 2. The van der Waals surface area contributed by atoms with Crippen LogP contribution in [0.1, 0.15) is 35.4 Å². The van der Waals surface area contributed by atoms with Gasteiger partial charge in [0.05, 0.1) is 16.8 Å². The van der Waals surface area contributed by atoms with Crippen LogP contribution in [0.2, 0.25) is 10.0 Å². The van der Waals surface area contributed by atoms with Gasteiger partial charge in [0.25, 0.3) is 0 Å². The number of halogens is 3. The van der Waals surface area contributed by atoms with E-state index in [-0.39, 0.29) is 6.04 Å². The molecule has 0 aromatic heterocycles. The Labute approximate surface area is 181 Å². The zero-order valence-corrected chi connectivity index (χ0v) is 17.7. The Hall–Kier alpha value is -2.01. The third-order valence-electron chi connectivity index (χ3n) is 5.09. The minimum Gasteiger partial charge on any atom is -0.464 e. The van der Waals surface area contributed by atoms with Crippen molar-refractivity contribution in [2.75, 3.05) is 0 Å². The van der Waals surface area contributed by atoms with Crippen molar-refractivity contribution in [3.05, 3.63) is 97.9 Å². The maximum Gasteiger partial charge on any atom is 0.215 e. The molecule has 3 aromatic rings. The standard InChI is InChI=1S/C22H15BrCl2N2O/c23-14-6-9-21-17(10-14)20-12-19(13-4-2-1-3-5-13)26-27(20)22(28-21)16-8-7-15(24)11-18(16)25/h1-11,20,22H,12H2/t20-,22-/m0/s1. The van der Waals surface area contributed by atoms with E-state index in [0.29, 0.717) is 10.0 Å². The predicted octanol–water partition coefficient (Wildman–Crippen LogP) is 7.00. The molecule has 0 N–H and O–H groups in total. The third kappa shape index (κ3) is 3.10. The minimum absolute atomic E-state index is 0.0770. The molecular weight excluding hydrogens is 459 g/mol. The fourth-order valence-corrected chi connectivity index (χ4v) is 4.65. The second kappa shape index (κ2) is 7.11. The minimum atomic E-state index is -0.412. The second-order valence-electron chi connectivity index (χ2n) is 6.83. The number of hydrogen-bond acceptors (Lipinski definition) is 3. The van der Waals surface area contributed by atoms with E-state index in [0.717, 1.165) is 39.0 Å². The van der Waals surface area contributed by atoms with Gasteiger partial charge in [-0.1, -0.05) is 75.5 Å². The summed E-state index contributed by atoms with van der Waals surface area (Å²) in [7, 11) is 0. The van der Waals surface area contributed by atoms with Crippen molar-refractivity contribution in [3.63, 3.8) is 0 Å². The van der Waals surface area contributed by atoms with Crippen LogP contribution in [-0.4, -0.2) is 10.7 Å². The summed E-state index contributed by atoms with van der Waals surface area (Å²) in [5, 5.41) is 8.14. The smallest absolute Gasteiger partial charge is 0.215 e. The summed E-state index contributed by atoms with van der Waals surface area (Å²) in [4.78, 5) is 0. The Morgan fingerprint density at radius 1 is 0.964 bits per heavy atom. The van der Waals surface area contributed by atoms with Crippen molar-refractivity contribution in [3.8, 4) is 5.75 Å². The van der Waals surface area contributed by atoms with Crippen molar-refractivity contribution in [2.45, 2.75) is 18.7 Å². The summed E-state index contributed by atoms with van der Waals surface area (Å²) < 4.78 is 7.38. The Balaban J connectivity index is 1.63. The van der Waals surface area contributed by atoms with Crippen molar-refractivity contribution in [1.29, 1.82) is 0 Å². The molecule has 0 aliphatic carbocycles. The highest BCUT2D eigenvalue weighted by Gasteiger charge is 2.41. The third-order valence-corrected chi connectivity index (χ3v) is 6.14. The van der Waals surface area contributed by atoms with Gasteiger partial charge < -0.3 is 4.74 Å². The van der Waals surface area contributed by atoms with E-state index in [2.05, 4.69) is 34.1 Å². The van der Waals surface area contributed by atoms with Crippen molar-refractivity contribution < 1.29 is 4.74 Å². The predicted molar refractivity (Wildman–Crippen MR) is 116 cm³/mol. The molecule has 0 fully saturated rings. The Bertz CT molecular complexity index is 1090. The van der Waals surface area contributed by atoms with Gasteiger partial charge in [-0.25, -0.2) is 5.01 Å². The Morgan fingerprint density at radius 3 is 2.57 bits per heavy atom. The maximum absolute atomic E-state index is 6.51. The highest BCUT2D eigenvalue weighted by molar-refractivity contribution is 9.10. The highest BCUT2D eigenvalue weighted by atomic mass is 79.9. The average molecular weight is 474 g/mol. The molecular formula is C22H15BrCl2N2O. The summed E-state index contributed by atoms with van der Waals surface area (Å²) in [5.41, 5.74) is 4.12. The molecule has 0 bridgehead atoms. The lowest BCUT2D eigenvalue weighted by Gasteiger charge is -2.38. The molecule has 3 aromatic carbocycles. The quantitative estimate of drug-likeness (QED) is 0.400. The van der Waals surface area contributed by atoms with Crippen LogP contribution in [-0.2, 0) is 0 Å². The van der Waals surface area contributed by atoms with Gasteiger partial charge in [0, 0.05) is 27.0 Å². The summed E-state index contributed by atoms with van der Waals surface area (Å²) in [6.45, 7) is 0. The molecule has 2 aliphatic heterocycles. The average Bonchev–Trinajstić information content (AvgIpc) is 3.14. The Kier molecular flexibility index (Phi) is 4.58. The number of benzene rings is 3. The van der Waals surface area contributed by atoms with E-state index < -0.39 is 6.23 Å². The number of hydrazone groups is 1. The van der Waals surface area contributed by atoms with Gasteiger partial charge in [-0.2, -0.15) is 5.10 Å². The summed E-state index contributed by atoms with van der Waals surface area (Å²) in [6, 6.07) is 21.9. The van der Waals surface area contributed by atoms with E-state index in [1.807, 2.05) is 47.5 Å². The fourth-order valence-electron chi connectivity index (χ4n) is 3.77. The van der Waals surface area contributed by atoms with Crippen LogP contribution in [0.25, 0.3) is 0 Å². The lowest BCUT2D eigenvalue weighted by atomic mass is 9.96. The van der Waals surface area contributed by atoms with Crippen molar-refractivity contribution in [1.82, 2.24) is 5.01 Å². The fraction of sp³-hybridized carbons (Fsp3) is 0.136. The van der Waals surface area contributed by atoms with Crippen LogP contribution >= 0.6 is 39.1 Å². The number of nitrogens with zero attached hydrogens (tertiary/aromatic N) is 2. The van der Waals surface area contributed by atoms with E-state index in [9.17, 15) is 0 Å². The Morgan fingerprint density at radius 2 is 1.79 bits per heavy atom. The molecule has 2 atom stereocenters. The molecule has 2 aliphatic rings. The highest BCUT2D eigenvalue weighted by Crippen LogP contribution is 2.49. The molecule has 2 heterocycles. The van der Waals surface area contributed by atoms with Crippen molar-refractivity contribution >= 4 is 44.8 Å². The zero-order valence-electron chi connectivity index (χ0n) is 14.6. The van der Waals surface area contributed by atoms with Gasteiger partial charge in [-0.3, -0.25) is 0 Å². The van der Waals surface area contributed by atoms with Crippen LogP contribution in [0.4, 0.5) is 0 Å². The number of fused-ring (bicyclic) bond motifs is 3. The molecule has 140 valence electrons. The van der Waals surface area contributed by atoms with Crippen LogP contribution in [0.5, 0.6) is 5.75 Å². The van der Waals surface area contributed by atoms with Crippen LogP contribution in [0.3, 0.4) is 0 Å². The molecule has 0 saturated carbocycles. The first kappa shape index (κ1) is 18.0. The first-order valence-corrected chi connectivity index (χ1v) is 10.5. The van der Waals surface area contributed by atoms with Gasteiger partial charge in [-0.15, -0.1) is 0 Å². The normalized spacial score (nSPS) is 20.2. The van der Waals surface area contributed by atoms with Crippen molar-refractivity contribution in [2.24, 2.45) is 5.10 Å². The van der Waals surface area contributed by atoms with Gasteiger partial charge in [0.15, 0.2) is 0 Å². The molecule has 0 radical (unpaired) electrons. The maximum atomic E-state index is 6.51. The first-order valence-electron chi connectivity index (χ1n) is 8.92. The molecule has 28 heavy (non-hydrogen) atoms. The second-order valence-corrected chi connectivity index (χ2v) is 8.59. The topological polar surface area (TPSA) is 24.8 Å². The van der Waals surface area contributed by atoms with Gasteiger partial charge in [-0.05, 0) is 35.9 Å². The summed E-state index contributed by atoms with van der Waals surface area (Å²) in [6.07, 6.45) is 0.392. The molecule has 0 amide bonds. The molecule has 5 rings (SSSR count). The molecule has 3 nitrogen and oxygen atoms in total. The first-order chi connectivity index (χ1) is 13.6. The monoisotopic (exact) mass is 472 g/mol. The number of ether oxygens (including phenoxy) is 1. The van der Waals surface area contributed by atoms with Gasteiger partial charge >= 0.3 is 0 Å². The zero-order chi connectivity index (χ0) is 19.3. The van der Waals surface area contributed by atoms with Gasteiger partial charge in [0.1, 0.15) is 5.75 Å². The molecule has 0 saturated heterocycles. The summed E-state index contributed by atoms with van der Waals surface area (Å²) >= 11 is 16.2. The van der Waals surface area contributed by atoms with Gasteiger partial charge in [0.2, 0.25) is 6.23 Å². The summed E-state index contributed by atoms with van der Waals surface area (Å²) in [5.74, 6) is 0.852. The van der Waals surface area contributed by atoms with Crippen LogP contribution in [0.15, 0.2) is 76.3 Å². The van der Waals surface area contributed by atoms with E-state index in [1.54, 1.807) is 6.07 Å². The van der Waals surface area contributed by atoms with Crippen LogP contribution < -0.4 is 4.74 Å². The van der Waals surface area contributed by atoms with Crippen LogP contribution in [0, 0.1) is 0 Å². The lowest BCUT2D eigenvalue weighted by Crippen LogP contribution is -2.33. The molecule has 0 spiro atoms. The lowest BCUT2D eigenvalue weighted by molar-refractivity contribution is -0.0190. The largest absolute Gasteiger partial charge is 0.464 e. The van der Waals surface area contributed by atoms with E-state index in [4.69, 9.17) is 33.0 Å². The molecule has 6 heteroatoms. The SMILES string of the molecule is Clc1ccc([C@@H]2Oc3ccc(Br)cc3[C@@H]3CC(c4ccccc4)=NN32)c(Cl)c1. The molecule has 0 unspecified atom stereocenters. The van der Waals surface area contributed by atoms with E-state index >= 15 is 0 Å². The van der Waals surface area contributed by atoms with E-state index in [1.165, 1.54) is 0 Å². The number of hydrogen-bond donors (Lipinski definition) is 0.